The third-order valence-electron chi connectivity index (χ3n) is 3.65. The second-order valence-corrected chi connectivity index (χ2v) is 5.12. The lowest BCUT2D eigenvalue weighted by Gasteiger charge is -2.31. The summed E-state index contributed by atoms with van der Waals surface area (Å²) in [7, 11) is 3.08. The Bertz CT molecular complexity index is 195. The summed E-state index contributed by atoms with van der Waals surface area (Å²) >= 11 is 0. The van der Waals surface area contributed by atoms with Crippen LogP contribution < -0.4 is 0 Å². The normalized spacial score (nSPS) is 12.3. The van der Waals surface area contributed by atoms with Crippen molar-refractivity contribution in [2.45, 2.75) is 83.3 Å². The molecule has 4 heteroatoms. The Balaban J connectivity index is 3.80. The molecule has 19 heavy (non-hydrogen) atoms. The van der Waals surface area contributed by atoms with Crippen LogP contribution in [-0.2, 0) is 9.47 Å². The maximum atomic E-state index is 12.3. The second-order valence-electron chi connectivity index (χ2n) is 5.12. The van der Waals surface area contributed by atoms with E-state index in [0.29, 0.717) is 6.42 Å². The standard InChI is InChI=1S/C15H30F2O2/c1-4-5-6-7-8-9-10-12-15(18-2,19-3)13-11-14(16)17/h14H,4-13H2,1-3H3. The van der Waals surface area contributed by atoms with Gasteiger partial charge in [0.15, 0.2) is 5.79 Å². The largest absolute Gasteiger partial charge is 0.353 e. The highest BCUT2D eigenvalue weighted by molar-refractivity contribution is 4.70. The number of methoxy groups -OCH3 is 2. The highest BCUT2D eigenvalue weighted by Crippen LogP contribution is 2.27. The summed E-state index contributed by atoms with van der Waals surface area (Å²) in [6, 6.07) is 0. The van der Waals surface area contributed by atoms with E-state index in [1.54, 1.807) is 0 Å². The predicted octanol–water partition coefficient (Wildman–Crippen LogP) is 5.16. The Morgan fingerprint density at radius 3 is 1.84 bits per heavy atom. The van der Waals surface area contributed by atoms with Crippen LogP contribution in [0, 0.1) is 0 Å². The van der Waals surface area contributed by atoms with Gasteiger partial charge in [0.1, 0.15) is 0 Å². The van der Waals surface area contributed by atoms with Crippen molar-refractivity contribution in [3.05, 3.63) is 0 Å². The van der Waals surface area contributed by atoms with Gasteiger partial charge in [-0.3, -0.25) is 0 Å². The molecule has 0 aliphatic carbocycles. The number of rotatable bonds is 13. The van der Waals surface area contributed by atoms with Crippen LogP contribution in [0.2, 0.25) is 0 Å². The monoisotopic (exact) mass is 280 g/mol. The number of unbranched alkanes of at least 4 members (excludes halogenated alkanes) is 6. The average molecular weight is 280 g/mol. The summed E-state index contributed by atoms with van der Waals surface area (Å²) in [5.41, 5.74) is 0. The Labute approximate surface area is 116 Å². The zero-order chi connectivity index (χ0) is 14.6. The molecule has 0 aromatic rings. The van der Waals surface area contributed by atoms with Gasteiger partial charge in [0, 0.05) is 33.5 Å². The van der Waals surface area contributed by atoms with E-state index in [-0.39, 0.29) is 12.8 Å². The van der Waals surface area contributed by atoms with Crippen LogP contribution in [0.25, 0.3) is 0 Å². The minimum Gasteiger partial charge on any atom is -0.353 e. The van der Waals surface area contributed by atoms with Crippen LogP contribution >= 0.6 is 0 Å². The van der Waals surface area contributed by atoms with Gasteiger partial charge in [0.2, 0.25) is 6.43 Å². The quantitative estimate of drug-likeness (QED) is 0.342. The first-order chi connectivity index (χ1) is 9.10. The number of ether oxygens (including phenoxy) is 2. The summed E-state index contributed by atoms with van der Waals surface area (Å²) in [4.78, 5) is 0. The number of hydrogen-bond donors (Lipinski definition) is 0. The molecule has 0 amide bonds. The van der Waals surface area contributed by atoms with E-state index in [9.17, 15) is 8.78 Å². The van der Waals surface area contributed by atoms with Crippen LogP contribution in [0.4, 0.5) is 8.78 Å². The fraction of sp³-hybridized carbons (Fsp3) is 1.00. The minimum absolute atomic E-state index is 0.168. The summed E-state index contributed by atoms with van der Waals surface area (Å²) in [6.07, 6.45) is 6.89. The summed E-state index contributed by atoms with van der Waals surface area (Å²) < 4.78 is 35.2. The molecule has 0 aliphatic heterocycles. The summed E-state index contributed by atoms with van der Waals surface area (Å²) in [5, 5.41) is 0. The minimum atomic E-state index is -2.29. The zero-order valence-electron chi connectivity index (χ0n) is 12.7. The van der Waals surface area contributed by atoms with Crippen LogP contribution in [0.1, 0.15) is 71.1 Å². The molecule has 0 atom stereocenters. The van der Waals surface area contributed by atoms with Gasteiger partial charge in [0.05, 0.1) is 0 Å². The van der Waals surface area contributed by atoms with Gasteiger partial charge >= 0.3 is 0 Å². The predicted molar refractivity (Wildman–Crippen MR) is 74.6 cm³/mol. The number of hydrogen-bond acceptors (Lipinski definition) is 2. The fourth-order valence-corrected chi connectivity index (χ4v) is 2.30. The summed E-state index contributed by atoms with van der Waals surface area (Å²) in [5.74, 6) is -0.820. The van der Waals surface area contributed by atoms with E-state index < -0.39 is 12.2 Å². The fourth-order valence-electron chi connectivity index (χ4n) is 2.30. The first-order valence-corrected chi connectivity index (χ1v) is 7.48. The molecule has 0 N–H and O–H groups in total. The molecular formula is C15H30F2O2. The highest BCUT2D eigenvalue weighted by atomic mass is 19.3. The Morgan fingerprint density at radius 1 is 0.842 bits per heavy atom. The molecule has 0 bridgehead atoms. The molecule has 2 nitrogen and oxygen atoms in total. The van der Waals surface area contributed by atoms with Crippen molar-refractivity contribution in [2.75, 3.05) is 14.2 Å². The first-order valence-electron chi connectivity index (χ1n) is 7.48. The molecule has 0 heterocycles. The van der Waals surface area contributed by atoms with Crippen molar-refractivity contribution in [2.24, 2.45) is 0 Å². The lowest BCUT2D eigenvalue weighted by Crippen LogP contribution is -2.34. The molecule has 0 saturated carbocycles. The Hall–Kier alpha value is -0.220. The van der Waals surface area contributed by atoms with E-state index in [1.165, 1.54) is 46.3 Å². The van der Waals surface area contributed by atoms with E-state index in [4.69, 9.17) is 9.47 Å². The van der Waals surface area contributed by atoms with Gasteiger partial charge in [-0.1, -0.05) is 45.4 Å². The third kappa shape index (κ3) is 9.33. The van der Waals surface area contributed by atoms with Gasteiger partial charge in [0.25, 0.3) is 0 Å². The second kappa shape index (κ2) is 11.6. The SMILES string of the molecule is CCCCCCCCCC(CCC(F)F)(OC)OC. The molecule has 116 valence electrons. The van der Waals surface area contributed by atoms with Crippen molar-refractivity contribution in [1.82, 2.24) is 0 Å². The maximum Gasteiger partial charge on any atom is 0.238 e. The van der Waals surface area contributed by atoms with Crippen molar-refractivity contribution < 1.29 is 18.3 Å². The zero-order valence-corrected chi connectivity index (χ0v) is 12.7. The van der Waals surface area contributed by atoms with Crippen LogP contribution in [0.5, 0.6) is 0 Å². The van der Waals surface area contributed by atoms with Crippen molar-refractivity contribution in [1.29, 1.82) is 0 Å². The van der Waals surface area contributed by atoms with Crippen molar-refractivity contribution >= 4 is 0 Å². The number of halogens is 2. The molecule has 0 rings (SSSR count). The molecule has 0 aliphatic rings. The van der Waals surface area contributed by atoms with Gasteiger partial charge < -0.3 is 9.47 Å². The van der Waals surface area contributed by atoms with Crippen molar-refractivity contribution in [3.8, 4) is 0 Å². The smallest absolute Gasteiger partial charge is 0.238 e. The molecular weight excluding hydrogens is 250 g/mol. The first kappa shape index (κ1) is 18.8. The summed E-state index contributed by atoms with van der Waals surface area (Å²) in [6.45, 7) is 2.20. The van der Waals surface area contributed by atoms with E-state index in [1.807, 2.05) is 0 Å². The maximum absolute atomic E-state index is 12.3. The molecule has 0 spiro atoms. The van der Waals surface area contributed by atoms with E-state index in [2.05, 4.69) is 6.92 Å². The third-order valence-corrected chi connectivity index (χ3v) is 3.65. The van der Waals surface area contributed by atoms with Gasteiger partial charge in [-0.25, -0.2) is 8.78 Å². The molecule has 0 radical (unpaired) electrons. The van der Waals surface area contributed by atoms with Crippen molar-refractivity contribution in [3.63, 3.8) is 0 Å². The average Bonchev–Trinajstić information content (AvgIpc) is 2.41. The Kier molecular flexibility index (Phi) is 11.5. The molecule has 0 aromatic heterocycles. The van der Waals surface area contributed by atoms with E-state index >= 15 is 0 Å². The lowest BCUT2D eigenvalue weighted by atomic mass is 10.0. The molecule has 0 saturated heterocycles. The molecule has 0 unspecified atom stereocenters. The van der Waals surface area contributed by atoms with Gasteiger partial charge in [-0.15, -0.1) is 0 Å². The van der Waals surface area contributed by atoms with Crippen LogP contribution in [0.15, 0.2) is 0 Å². The van der Waals surface area contributed by atoms with Crippen LogP contribution in [0.3, 0.4) is 0 Å². The topological polar surface area (TPSA) is 18.5 Å². The number of alkyl halides is 2. The molecule has 0 aromatic carbocycles. The molecule has 0 fully saturated rings. The lowest BCUT2D eigenvalue weighted by molar-refractivity contribution is -0.219. The van der Waals surface area contributed by atoms with Crippen LogP contribution in [-0.4, -0.2) is 26.4 Å². The van der Waals surface area contributed by atoms with E-state index in [0.717, 1.165) is 12.8 Å². The Morgan fingerprint density at radius 2 is 1.37 bits per heavy atom. The van der Waals surface area contributed by atoms with Gasteiger partial charge in [-0.05, 0) is 6.42 Å². The van der Waals surface area contributed by atoms with Gasteiger partial charge in [-0.2, -0.15) is 0 Å². The highest BCUT2D eigenvalue weighted by Gasteiger charge is 2.29.